The molecule has 0 spiro atoms. The molecule has 2 aromatic rings. The molecule has 0 aromatic heterocycles. The van der Waals surface area contributed by atoms with Crippen molar-refractivity contribution in [3.8, 4) is 5.75 Å². The van der Waals surface area contributed by atoms with Crippen LogP contribution in [0.25, 0.3) is 0 Å². The summed E-state index contributed by atoms with van der Waals surface area (Å²) in [4.78, 5) is 0. The lowest BCUT2D eigenvalue weighted by Crippen LogP contribution is -2.05. The molecule has 0 fully saturated rings. The Morgan fingerprint density at radius 2 is 2.10 bits per heavy atom. The van der Waals surface area contributed by atoms with E-state index < -0.39 is 0 Å². The summed E-state index contributed by atoms with van der Waals surface area (Å²) < 4.78 is 10.7. The van der Waals surface area contributed by atoms with Crippen LogP contribution in [0, 0.1) is 0 Å². The molecule has 0 bridgehead atoms. The van der Waals surface area contributed by atoms with Crippen LogP contribution < -0.4 is 10.1 Å². The first-order valence-corrected chi connectivity index (χ1v) is 7.41. The highest BCUT2D eigenvalue weighted by Gasteiger charge is 2.11. The summed E-state index contributed by atoms with van der Waals surface area (Å²) in [6.45, 7) is 2.40. The lowest BCUT2D eigenvalue weighted by atomic mass is 10.1. The zero-order chi connectivity index (χ0) is 14.5. The summed E-state index contributed by atoms with van der Waals surface area (Å²) in [6.07, 6.45) is 2.05. The van der Waals surface area contributed by atoms with Gasteiger partial charge in [0.2, 0.25) is 0 Å². The molecule has 0 saturated heterocycles. The number of nitrogens with one attached hydrogen (secondary N) is 1. The molecule has 1 heterocycles. The highest BCUT2D eigenvalue weighted by atomic mass is 16.5. The van der Waals surface area contributed by atoms with Crippen molar-refractivity contribution in [3.05, 3.63) is 59.2 Å². The van der Waals surface area contributed by atoms with E-state index in [1.165, 1.54) is 16.7 Å². The fraction of sp³-hybridized carbons (Fsp3) is 0.333. The Kier molecular flexibility index (Phi) is 4.41. The smallest absolute Gasteiger partial charge is 0.122 e. The second kappa shape index (κ2) is 6.64. The van der Waals surface area contributed by atoms with Crippen LogP contribution in [-0.2, 0) is 24.2 Å². The van der Waals surface area contributed by atoms with E-state index in [-0.39, 0.29) is 0 Å². The molecule has 0 atom stereocenters. The third-order valence-corrected chi connectivity index (χ3v) is 3.73. The molecular weight excluding hydrogens is 262 g/mol. The minimum atomic E-state index is 0.653. The molecule has 1 aliphatic heterocycles. The van der Waals surface area contributed by atoms with Gasteiger partial charge in [0, 0.05) is 25.8 Å². The lowest BCUT2D eigenvalue weighted by molar-refractivity contribution is 0.185. The predicted octanol–water partition coefficient (Wildman–Crippen LogP) is 3.42. The average Bonchev–Trinajstić information content (AvgIpc) is 2.96. The van der Waals surface area contributed by atoms with Gasteiger partial charge in [0.15, 0.2) is 0 Å². The summed E-state index contributed by atoms with van der Waals surface area (Å²) >= 11 is 0. The lowest BCUT2D eigenvalue weighted by Gasteiger charge is -2.09. The Labute approximate surface area is 125 Å². The largest absolute Gasteiger partial charge is 0.493 e. The Morgan fingerprint density at radius 3 is 3.00 bits per heavy atom. The second-order valence-corrected chi connectivity index (χ2v) is 5.35. The molecule has 1 N–H and O–H groups in total. The first kappa shape index (κ1) is 14.0. The van der Waals surface area contributed by atoms with E-state index in [4.69, 9.17) is 9.47 Å². The minimum absolute atomic E-state index is 0.653. The van der Waals surface area contributed by atoms with Crippen molar-refractivity contribution in [1.29, 1.82) is 0 Å². The van der Waals surface area contributed by atoms with Crippen molar-refractivity contribution in [1.82, 2.24) is 0 Å². The van der Waals surface area contributed by atoms with Crippen LogP contribution >= 0.6 is 0 Å². The molecular formula is C18H21NO2. The SMILES string of the molecule is COCc1cccc(NCCc2ccc3c(c2)CCO3)c1. The van der Waals surface area contributed by atoms with Gasteiger partial charge < -0.3 is 14.8 Å². The van der Waals surface area contributed by atoms with Crippen LogP contribution in [0.5, 0.6) is 5.75 Å². The highest BCUT2D eigenvalue weighted by molar-refractivity contribution is 5.46. The van der Waals surface area contributed by atoms with Crippen molar-refractivity contribution in [3.63, 3.8) is 0 Å². The number of rotatable bonds is 6. The standard InChI is InChI=1S/C18H21NO2/c1-20-13-15-3-2-4-17(12-15)19-9-7-14-5-6-18-16(11-14)8-10-21-18/h2-6,11-12,19H,7-10,13H2,1H3. The maximum atomic E-state index is 5.54. The molecule has 3 rings (SSSR count). The van der Waals surface area contributed by atoms with Gasteiger partial charge in [-0.2, -0.15) is 0 Å². The number of methoxy groups -OCH3 is 1. The number of ether oxygens (including phenoxy) is 2. The predicted molar refractivity (Wildman–Crippen MR) is 85.0 cm³/mol. The molecule has 110 valence electrons. The summed E-state index contributed by atoms with van der Waals surface area (Å²) in [7, 11) is 1.72. The number of anilines is 1. The monoisotopic (exact) mass is 283 g/mol. The quantitative estimate of drug-likeness (QED) is 0.881. The molecule has 2 aromatic carbocycles. The van der Waals surface area contributed by atoms with Gasteiger partial charge in [0.1, 0.15) is 5.75 Å². The molecule has 3 heteroatoms. The van der Waals surface area contributed by atoms with Gasteiger partial charge in [-0.25, -0.2) is 0 Å². The van der Waals surface area contributed by atoms with Gasteiger partial charge in [0.25, 0.3) is 0 Å². The van der Waals surface area contributed by atoms with Crippen molar-refractivity contribution in [2.45, 2.75) is 19.4 Å². The van der Waals surface area contributed by atoms with Crippen molar-refractivity contribution in [2.24, 2.45) is 0 Å². The molecule has 0 amide bonds. The van der Waals surface area contributed by atoms with Gasteiger partial charge in [-0.3, -0.25) is 0 Å². The Morgan fingerprint density at radius 1 is 1.14 bits per heavy atom. The first-order chi connectivity index (χ1) is 10.3. The fourth-order valence-electron chi connectivity index (χ4n) is 2.68. The normalized spacial score (nSPS) is 12.8. The topological polar surface area (TPSA) is 30.5 Å². The van der Waals surface area contributed by atoms with Crippen molar-refractivity contribution >= 4 is 5.69 Å². The minimum Gasteiger partial charge on any atom is -0.493 e. The molecule has 21 heavy (non-hydrogen) atoms. The van der Waals surface area contributed by atoms with Crippen molar-refractivity contribution < 1.29 is 9.47 Å². The maximum absolute atomic E-state index is 5.54. The number of hydrogen-bond donors (Lipinski definition) is 1. The number of benzene rings is 2. The van der Waals surface area contributed by atoms with E-state index in [9.17, 15) is 0 Å². The number of fused-ring (bicyclic) bond motifs is 1. The van der Waals surface area contributed by atoms with E-state index in [1.807, 2.05) is 0 Å². The van der Waals surface area contributed by atoms with Gasteiger partial charge >= 0.3 is 0 Å². The molecule has 0 unspecified atom stereocenters. The summed E-state index contributed by atoms with van der Waals surface area (Å²) in [5.41, 5.74) is 5.04. The molecule has 3 nitrogen and oxygen atoms in total. The summed E-state index contributed by atoms with van der Waals surface area (Å²) in [6, 6.07) is 14.9. The Balaban J connectivity index is 1.55. The van der Waals surface area contributed by atoms with Gasteiger partial charge in [0.05, 0.1) is 13.2 Å². The number of hydrogen-bond acceptors (Lipinski definition) is 3. The molecule has 1 aliphatic rings. The van der Waals surface area contributed by atoms with Crippen LogP contribution in [0.3, 0.4) is 0 Å². The van der Waals surface area contributed by atoms with Crippen LogP contribution in [0.2, 0.25) is 0 Å². The zero-order valence-electron chi connectivity index (χ0n) is 12.4. The Hall–Kier alpha value is -2.00. The molecule has 0 saturated carbocycles. The second-order valence-electron chi connectivity index (χ2n) is 5.35. The van der Waals surface area contributed by atoms with Crippen LogP contribution in [0.15, 0.2) is 42.5 Å². The van der Waals surface area contributed by atoms with Gasteiger partial charge in [-0.05, 0) is 41.3 Å². The van der Waals surface area contributed by atoms with E-state index in [0.29, 0.717) is 6.61 Å². The van der Waals surface area contributed by atoms with E-state index in [0.717, 1.165) is 37.4 Å². The maximum Gasteiger partial charge on any atom is 0.122 e. The first-order valence-electron chi connectivity index (χ1n) is 7.41. The zero-order valence-corrected chi connectivity index (χ0v) is 12.4. The third kappa shape index (κ3) is 3.56. The van der Waals surface area contributed by atoms with E-state index >= 15 is 0 Å². The average molecular weight is 283 g/mol. The molecule has 0 radical (unpaired) electrons. The highest BCUT2D eigenvalue weighted by Crippen LogP contribution is 2.26. The van der Waals surface area contributed by atoms with Crippen LogP contribution in [0.1, 0.15) is 16.7 Å². The van der Waals surface area contributed by atoms with E-state index in [1.54, 1.807) is 7.11 Å². The third-order valence-electron chi connectivity index (χ3n) is 3.73. The van der Waals surface area contributed by atoms with Crippen LogP contribution in [-0.4, -0.2) is 20.3 Å². The van der Waals surface area contributed by atoms with Gasteiger partial charge in [-0.1, -0.05) is 24.3 Å². The van der Waals surface area contributed by atoms with Gasteiger partial charge in [-0.15, -0.1) is 0 Å². The van der Waals surface area contributed by atoms with Crippen LogP contribution in [0.4, 0.5) is 5.69 Å². The fourth-order valence-corrected chi connectivity index (χ4v) is 2.68. The van der Waals surface area contributed by atoms with E-state index in [2.05, 4.69) is 47.8 Å². The summed E-state index contributed by atoms with van der Waals surface area (Å²) in [5.74, 6) is 1.05. The Bertz CT molecular complexity index is 610. The summed E-state index contributed by atoms with van der Waals surface area (Å²) in [5, 5.41) is 3.47. The van der Waals surface area contributed by atoms with Crippen molar-refractivity contribution in [2.75, 3.05) is 25.6 Å². The molecule has 0 aliphatic carbocycles.